The molecule has 1 saturated heterocycles. The van der Waals surface area contributed by atoms with E-state index in [1.807, 2.05) is 31.2 Å². The molecule has 0 spiro atoms. The summed E-state index contributed by atoms with van der Waals surface area (Å²) in [5, 5.41) is 11.2. The molecule has 162 valence electrons. The number of aliphatic hydroxyl groups excluding tert-OH is 1. The van der Waals surface area contributed by atoms with Crippen LogP contribution in [0.15, 0.2) is 78.4 Å². The van der Waals surface area contributed by atoms with Crippen molar-refractivity contribution in [3.63, 3.8) is 0 Å². The molecule has 0 aliphatic carbocycles. The second-order valence-corrected chi connectivity index (χ2v) is 7.51. The highest BCUT2D eigenvalue weighted by Gasteiger charge is 2.47. The summed E-state index contributed by atoms with van der Waals surface area (Å²) in [6.07, 6.45) is 0. The van der Waals surface area contributed by atoms with Crippen LogP contribution in [-0.4, -0.2) is 31.0 Å². The fourth-order valence-corrected chi connectivity index (χ4v) is 3.91. The molecule has 3 aromatic carbocycles. The van der Waals surface area contributed by atoms with E-state index in [0.29, 0.717) is 28.3 Å². The van der Waals surface area contributed by atoms with Crippen LogP contribution in [-0.2, 0) is 9.59 Å². The quantitative estimate of drug-likeness (QED) is 0.363. The number of carbonyl (C=O) groups is 2. The van der Waals surface area contributed by atoms with Gasteiger partial charge in [0.2, 0.25) is 0 Å². The minimum absolute atomic E-state index is 0.0231. The Labute approximate surface area is 186 Å². The Morgan fingerprint density at radius 2 is 1.56 bits per heavy atom. The lowest BCUT2D eigenvalue weighted by molar-refractivity contribution is -0.132. The van der Waals surface area contributed by atoms with Crippen molar-refractivity contribution in [2.75, 3.05) is 19.1 Å². The van der Waals surface area contributed by atoms with E-state index < -0.39 is 17.7 Å². The Morgan fingerprint density at radius 1 is 0.875 bits per heavy atom. The number of carbonyl (C=O) groups excluding carboxylic acids is 2. The van der Waals surface area contributed by atoms with Crippen molar-refractivity contribution in [3.8, 4) is 11.5 Å². The number of Topliss-reactive ketones (excluding diaryl/α,β-unsaturated/α-hetero) is 1. The van der Waals surface area contributed by atoms with Gasteiger partial charge in [-0.15, -0.1) is 0 Å². The van der Waals surface area contributed by atoms with Gasteiger partial charge in [-0.1, -0.05) is 24.3 Å². The van der Waals surface area contributed by atoms with E-state index in [4.69, 9.17) is 9.47 Å². The number of hydrogen-bond acceptors (Lipinski definition) is 5. The van der Waals surface area contributed by atoms with E-state index >= 15 is 0 Å². The zero-order valence-electron chi connectivity index (χ0n) is 18.0. The third-order valence-corrected chi connectivity index (χ3v) is 5.50. The van der Waals surface area contributed by atoms with Crippen molar-refractivity contribution in [2.24, 2.45) is 0 Å². The van der Waals surface area contributed by atoms with Crippen molar-refractivity contribution in [1.82, 2.24) is 0 Å². The molecule has 1 aliphatic heterocycles. The Morgan fingerprint density at radius 3 is 2.22 bits per heavy atom. The fourth-order valence-electron chi connectivity index (χ4n) is 3.91. The number of amides is 1. The number of benzene rings is 3. The number of nitrogens with zero attached hydrogens (tertiary/aromatic N) is 1. The van der Waals surface area contributed by atoms with Gasteiger partial charge in [-0.05, 0) is 66.6 Å². The summed E-state index contributed by atoms with van der Waals surface area (Å²) >= 11 is 0. The first-order valence-corrected chi connectivity index (χ1v) is 10.1. The summed E-state index contributed by atoms with van der Waals surface area (Å²) in [6.45, 7) is 1.91. The predicted molar refractivity (Wildman–Crippen MR) is 122 cm³/mol. The van der Waals surface area contributed by atoms with Gasteiger partial charge in [0.1, 0.15) is 17.3 Å². The molecular formula is C26H23NO5. The summed E-state index contributed by atoms with van der Waals surface area (Å²) < 4.78 is 10.5. The lowest BCUT2D eigenvalue weighted by Gasteiger charge is -2.26. The van der Waals surface area contributed by atoms with Gasteiger partial charge < -0.3 is 14.6 Å². The van der Waals surface area contributed by atoms with Gasteiger partial charge in [-0.25, -0.2) is 0 Å². The first kappa shape index (κ1) is 21.2. The van der Waals surface area contributed by atoms with Gasteiger partial charge in [-0.2, -0.15) is 0 Å². The molecule has 3 aromatic rings. The average Bonchev–Trinajstić information content (AvgIpc) is 3.09. The molecule has 0 bridgehead atoms. The van der Waals surface area contributed by atoms with E-state index in [9.17, 15) is 14.7 Å². The normalized spacial score (nSPS) is 17.5. The SMILES string of the molecule is COc1ccc(/C(O)=C2\C(=O)C(=O)N(c3cccc(C)c3)C2c2cccc(OC)c2)cc1. The Bertz CT molecular complexity index is 1210. The molecule has 0 radical (unpaired) electrons. The van der Waals surface area contributed by atoms with Crippen LogP contribution in [0.2, 0.25) is 0 Å². The Kier molecular flexibility index (Phi) is 5.69. The summed E-state index contributed by atoms with van der Waals surface area (Å²) in [7, 11) is 3.10. The van der Waals surface area contributed by atoms with E-state index in [1.165, 1.54) is 4.90 Å². The van der Waals surface area contributed by atoms with E-state index in [-0.39, 0.29) is 11.3 Å². The van der Waals surface area contributed by atoms with Crippen LogP contribution in [0.1, 0.15) is 22.7 Å². The number of aryl methyl sites for hydroxylation is 1. The molecule has 1 unspecified atom stereocenters. The molecular weight excluding hydrogens is 406 g/mol. The van der Waals surface area contributed by atoms with E-state index in [2.05, 4.69) is 0 Å². The summed E-state index contributed by atoms with van der Waals surface area (Å²) in [5.74, 6) is -0.479. The van der Waals surface area contributed by atoms with Crippen LogP contribution in [0.3, 0.4) is 0 Å². The Hall–Kier alpha value is -4.06. The number of rotatable bonds is 5. The highest BCUT2D eigenvalue weighted by atomic mass is 16.5. The van der Waals surface area contributed by atoms with Crippen LogP contribution < -0.4 is 14.4 Å². The van der Waals surface area contributed by atoms with Crippen LogP contribution in [0, 0.1) is 6.92 Å². The first-order valence-electron chi connectivity index (χ1n) is 10.1. The zero-order chi connectivity index (χ0) is 22.8. The highest BCUT2D eigenvalue weighted by Crippen LogP contribution is 2.43. The molecule has 1 atom stereocenters. The standard InChI is InChI=1S/C26H23NO5/c1-16-6-4-8-19(14-16)27-23(18-7-5-9-21(15-18)32-3)22(25(29)26(27)30)24(28)17-10-12-20(31-2)13-11-17/h4-15,23,28H,1-3H3/b24-22+. The molecule has 1 N–H and O–H groups in total. The first-order chi connectivity index (χ1) is 15.4. The van der Waals surface area contributed by atoms with Gasteiger partial charge >= 0.3 is 0 Å². The maximum Gasteiger partial charge on any atom is 0.300 e. The van der Waals surface area contributed by atoms with Crippen LogP contribution in [0.5, 0.6) is 11.5 Å². The van der Waals surface area contributed by atoms with Crippen molar-refractivity contribution in [3.05, 3.63) is 95.1 Å². The fraction of sp³-hybridized carbons (Fsp3) is 0.154. The number of hydrogen-bond donors (Lipinski definition) is 1. The minimum atomic E-state index is -0.811. The van der Waals surface area contributed by atoms with Crippen molar-refractivity contribution in [1.29, 1.82) is 0 Å². The van der Waals surface area contributed by atoms with Gasteiger partial charge in [0.15, 0.2) is 0 Å². The molecule has 0 aromatic heterocycles. The molecule has 1 fully saturated rings. The van der Waals surface area contributed by atoms with Crippen molar-refractivity contribution < 1.29 is 24.2 Å². The molecule has 4 rings (SSSR count). The minimum Gasteiger partial charge on any atom is -0.507 e. The molecule has 6 nitrogen and oxygen atoms in total. The number of ketones is 1. The summed E-state index contributed by atoms with van der Waals surface area (Å²) in [5.41, 5.74) is 2.62. The lowest BCUT2D eigenvalue weighted by Crippen LogP contribution is -2.29. The summed E-state index contributed by atoms with van der Waals surface area (Å²) in [6, 6.07) is 20.4. The number of aliphatic hydroxyl groups is 1. The molecule has 0 saturated carbocycles. The maximum atomic E-state index is 13.2. The van der Waals surface area contributed by atoms with Crippen LogP contribution in [0.25, 0.3) is 5.76 Å². The second-order valence-electron chi connectivity index (χ2n) is 7.51. The highest BCUT2D eigenvalue weighted by molar-refractivity contribution is 6.51. The smallest absolute Gasteiger partial charge is 0.300 e. The molecule has 32 heavy (non-hydrogen) atoms. The van der Waals surface area contributed by atoms with E-state index in [0.717, 1.165) is 5.56 Å². The predicted octanol–water partition coefficient (Wildman–Crippen LogP) is 4.64. The van der Waals surface area contributed by atoms with Gasteiger partial charge in [0, 0.05) is 11.3 Å². The third kappa shape index (κ3) is 3.71. The summed E-state index contributed by atoms with van der Waals surface area (Å²) in [4.78, 5) is 27.8. The largest absolute Gasteiger partial charge is 0.507 e. The van der Waals surface area contributed by atoms with Gasteiger partial charge in [-0.3, -0.25) is 14.5 Å². The lowest BCUT2D eigenvalue weighted by atomic mass is 9.95. The molecule has 1 aliphatic rings. The van der Waals surface area contributed by atoms with Gasteiger partial charge in [0.05, 0.1) is 25.8 Å². The third-order valence-electron chi connectivity index (χ3n) is 5.50. The molecule has 6 heteroatoms. The van der Waals surface area contributed by atoms with Crippen LogP contribution >= 0.6 is 0 Å². The monoisotopic (exact) mass is 429 g/mol. The molecule has 1 heterocycles. The average molecular weight is 429 g/mol. The zero-order valence-corrected chi connectivity index (χ0v) is 18.0. The Balaban J connectivity index is 1.94. The maximum absolute atomic E-state index is 13.2. The number of ether oxygens (including phenoxy) is 2. The van der Waals surface area contributed by atoms with E-state index in [1.54, 1.807) is 62.8 Å². The van der Waals surface area contributed by atoms with Gasteiger partial charge in [0.25, 0.3) is 11.7 Å². The van der Waals surface area contributed by atoms with Crippen LogP contribution in [0.4, 0.5) is 5.69 Å². The van der Waals surface area contributed by atoms with Crippen molar-refractivity contribution in [2.45, 2.75) is 13.0 Å². The number of methoxy groups -OCH3 is 2. The van der Waals surface area contributed by atoms with Crippen molar-refractivity contribution >= 4 is 23.1 Å². The topological polar surface area (TPSA) is 76.1 Å². The second kappa shape index (κ2) is 8.59. The number of anilines is 1. The molecule has 1 amide bonds.